The van der Waals surface area contributed by atoms with Gasteiger partial charge in [0.25, 0.3) is 0 Å². The van der Waals surface area contributed by atoms with Crippen LogP contribution in [0.25, 0.3) is 16.7 Å². The van der Waals surface area contributed by atoms with E-state index in [4.69, 9.17) is 5.73 Å². The van der Waals surface area contributed by atoms with Gasteiger partial charge in [0, 0.05) is 0 Å². The summed E-state index contributed by atoms with van der Waals surface area (Å²) in [6.45, 7) is 2.02. The lowest BCUT2D eigenvalue weighted by Crippen LogP contribution is -2.03. The van der Waals surface area contributed by atoms with Crippen molar-refractivity contribution in [3.8, 4) is 5.69 Å². The molecule has 3 aromatic rings. The smallest absolute Gasteiger partial charge is 0.113 e. The maximum absolute atomic E-state index is 5.94. The van der Waals surface area contributed by atoms with Crippen molar-refractivity contribution in [2.45, 2.75) is 6.92 Å². The first-order valence-electron chi connectivity index (χ1n) is 5.42. The lowest BCUT2D eigenvalue weighted by atomic mass is 10.2. The van der Waals surface area contributed by atoms with Gasteiger partial charge in [0.05, 0.1) is 5.69 Å². The summed E-state index contributed by atoms with van der Waals surface area (Å²) >= 11 is 0. The van der Waals surface area contributed by atoms with Crippen LogP contribution in [0.2, 0.25) is 0 Å². The number of aryl methyl sites for hydroxylation is 1. The Bertz CT molecular complexity index is 652. The van der Waals surface area contributed by atoms with Crippen LogP contribution in [0.15, 0.2) is 42.5 Å². The van der Waals surface area contributed by atoms with Crippen LogP contribution >= 0.6 is 0 Å². The zero-order chi connectivity index (χ0) is 11.8. The van der Waals surface area contributed by atoms with Gasteiger partial charge >= 0.3 is 0 Å². The van der Waals surface area contributed by atoms with E-state index in [2.05, 4.69) is 10.2 Å². The Balaban J connectivity index is 2.23. The van der Waals surface area contributed by atoms with Gasteiger partial charge in [-0.3, -0.25) is 0 Å². The van der Waals surface area contributed by atoms with E-state index in [-0.39, 0.29) is 0 Å². The average Bonchev–Trinajstić information content (AvgIpc) is 2.75. The van der Waals surface area contributed by atoms with Crippen LogP contribution in [-0.2, 0) is 0 Å². The molecule has 4 heteroatoms. The third-order valence-electron chi connectivity index (χ3n) is 2.69. The second-order valence-electron chi connectivity index (χ2n) is 4.04. The van der Waals surface area contributed by atoms with Crippen LogP contribution in [0, 0.1) is 6.92 Å². The van der Waals surface area contributed by atoms with Crippen LogP contribution < -0.4 is 5.73 Å². The molecule has 0 fully saturated rings. The van der Waals surface area contributed by atoms with E-state index in [1.165, 1.54) is 0 Å². The fraction of sp³-hybridized carbons (Fsp3) is 0.0769. The van der Waals surface area contributed by atoms with Gasteiger partial charge in [0.1, 0.15) is 16.7 Å². The minimum absolute atomic E-state index is 0.677. The number of fused-ring (bicyclic) bond motifs is 1. The highest BCUT2D eigenvalue weighted by molar-refractivity contribution is 5.74. The summed E-state index contributed by atoms with van der Waals surface area (Å²) in [7, 11) is 0. The van der Waals surface area contributed by atoms with Crippen molar-refractivity contribution in [1.82, 2.24) is 15.0 Å². The van der Waals surface area contributed by atoms with Crippen molar-refractivity contribution >= 4 is 16.7 Å². The molecular weight excluding hydrogens is 212 g/mol. The molecule has 0 saturated heterocycles. The standard InChI is InChI=1S/C13H12N4/c1-9-6-7-10(14)13(8-9)17-15-11-4-2-3-5-12(11)16-17/h2-8H,14H2,1H3. The molecule has 0 aliphatic rings. The lowest BCUT2D eigenvalue weighted by molar-refractivity contribution is 0.767. The molecule has 0 aliphatic heterocycles. The summed E-state index contributed by atoms with van der Waals surface area (Å²) in [4.78, 5) is 1.59. The zero-order valence-electron chi connectivity index (χ0n) is 9.46. The summed E-state index contributed by atoms with van der Waals surface area (Å²) < 4.78 is 0. The minimum Gasteiger partial charge on any atom is -0.397 e. The monoisotopic (exact) mass is 224 g/mol. The third kappa shape index (κ3) is 1.63. The Hall–Kier alpha value is -2.36. The van der Waals surface area contributed by atoms with Crippen LogP contribution in [0.5, 0.6) is 0 Å². The van der Waals surface area contributed by atoms with Crippen molar-refractivity contribution in [3.05, 3.63) is 48.0 Å². The second kappa shape index (κ2) is 3.59. The van der Waals surface area contributed by atoms with Crippen molar-refractivity contribution in [3.63, 3.8) is 0 Å². The van der Waals surface area contributed by atoms with E-state index in [0.717, 1.165) is 22.3 Å². The normalized spacial score (nSPS) is 10.9. The van der Waals surface area contributed by atoms with Crippen molar-refractivity contribution in [1.29, 1.82) is 0 Å². The molecule has 3 rings (SSSR count). The van der Waals surface area contributed by atoms with Gasteiger partial charge < -0.3 is 5.73 Å². The van der Waals surface area contributed by atoms with E-state index in [1.54, 1.807) is 4.80 Å². The molecule has 0 radical (unpaired) electrons. The molecule has 0 aliphatic carbocycles. The number of aromatic nitrogens is 3. The predicted molar refractivity (Wildman–Crippen MR) is 68.0 cm³/mol. The van der Waals surface area contributed by atoms with Gasteiger partial charge in [-0.2, -0.15) is 0 Å². The van der Waals surface area contributed by atoms with Crippen LogP contribution in [-0.4, -0.2) is 15.0 Å². The molecule has 2 aromatic carbocycles. The molecular formula is C13H12N4. The number of nitrogens with two attached hydrogens (primary N) is 1. The third-order valence-corrected chi connectivity index (χ3v) is 2.69. The van der Waals surface area contributed by atoms with Gasteiger partial charge in [0.2, 0.25) is 0 Å². The van der Waals surface area contributed by atoms with Crippen LogP contribution in [0.1, 0.15) is 5.56 Å². The average molecular weight is 224 g/mol. The highest BCUT2D eigenvalue weighted by Gasteiger charge is 2.06. The summed E-state index contributed by atoms with van der Waals surface area (Å²) in [6.07, 6.45) is 0. The fourth-order valence-corrected chi connectivity index (χ4v) is 1.79. The number of hydrogen-bond acceptors (Lipinski definition) is 3. The summed E-state index contributed by atoms with van der Waals surface area (Å²) in [6, 6.07) is 13.6. The molecule has 1 heterocycles. The van der Waals surface area contributed by atoms with Crippen molar-refractivity contribution in [2.24, 2.45) is 0 Å². The van der Waals surface area contributed by atoms with E-state index >= 15 is 0 Å². The maximum atomic E-state index is 5.94. The van der Waals surface area contributed by atoms with Crippen LogP contribution in [0.3, 0.4) is 0 Å². The Morgan fingerprint density at radius 3 is 2.29 bits per heavy atom. The Morgan fingerprint density at radius 2 is 1.65 bits per heavy atom. The number of nitrogen functional groups attached to an aromatic ring is 1. The Morgan fingerprint density at radius 1 is 1.00 bits per heavy atom. The van der Waals surface area contributed by atoms with E-state index in [0.29, 0.717) is 5.69 Å². The molecule has 2 N–H and O–H groups in total. The highest BCUT2D eigenvalue weighted by atomic mass is 15.5. The van der Waals surface area contributed by atoms with Crippen LogP contribution in [0.4, 0.5) is 5.69 Å². The molecule has 0 amide bonds. The molecule has 0 unspecified atom stereocenters. The van der Waals surface area contributed by atoms with Gasteiger partial charge in [-0.1, -0.05) is 18.2 Å². The van der Waals surface area contributed by atoms with E-state index in [9.17, 15) is 0 Å². The molecule has 84 valence electrons. The van der Waals surface area contributed by atoms with Gasteiger partial charge in [-0.25, -0.2) is 0 Å². The first-order valence-corrected chi connectivity index (χ1v) is 5.42. The lowest BCUT2D eigenvalue weighted by Gasteiger charge is -2.04. The Kier molecular flexibility index (Phi) is 2.08. The largest absolute Gasteiger partial charge is 0.397 e. The molecule has 0 spiro atoms. The van der Waals surface area contributed by atoms with Gasteiger partial charge in [-0.05, 0) is 36.8 Å². The number of nitrogens with zero attached hydrogens (tertiary/aromatic N) is 3. The zero-order valence-corrected chi connectivity index (χ0v) is 9.46. The van der Waals surface area contributed by atoms with Crippen molar-refractivity contribution in [2.75, 3.05) is 5.73 Å². The molecule has 4 nitrogen and oxygen atoms in total. The first kappa shape index (κ1) is 9.84. The number of anilines is 1. The summed E-state index contributed by atoms with van der Waals surface area (Å²) in [5.74, 6) is 0. The number of rotatable bonds is 1. The topological polar surface area (TPSA) is 56.7 Å². The summed E-state index contributed by atoms with van der Waals surface area (Å²) in [5.41, 5.74) is 10.3. The molecule has 1 aromatic heterocycles. The predicted octanol–water partition coefficient (Wildman–Crippen LogP) is 2.31. The van der Waals surface area contributed by atoms with E-state index < -0.39 is 0 Å². The highest BCUT2D eigenvalue weighted by Crippen LogP contribution is 2.19. The van der Waals surface area contributed by atoms with E-state index in [1.807, 2.05) is 49.4 Å². The molecule has 0 atom stereocenters. The molecule has 0 bridgehead atoms. The van der Waals surface area contributed by atoms with Crippen molar-refractivity contribution < 1.29 is 0 Å². The number of hydrogen-bond donors (Lipinski definition) is 1. The van der Waals surface area contributed by atoms with Gasteiger partial charge in [-0.15, -0.1) is 15.0 Å². The van der Waals surface area contributed by atoms with Gasteiger partial charge in [0.15, 0.2) is 0 Å². The first-order chi connectivity index (χ1) is 8.24. The summed E-state index contributed by atoms with van der Waals surface area (Å²) in [5, 5.41) is 8.82. The minimum atomic E-state index is 0.677. The second-order valence-corrected chi connectivity index (χ2v) is 4.04. The number of benzene rings is 2. The maximum Gasteiger partial charge on any atom is 0.113 e. The quantitative estimate of drug-likeness (QED) is 0.645. The fourth-order valence-electron chi connectivity index (χ4n) is 1.79. The Labute approximate surface area is 98.7 Å². The SMILES string of the molecule is Cc1ccc(N)c(-n2nc3ccccc3n2)c1. The molecule has 0 saturated carbocycles. The molecule has 17 heavy (non-hydrogen) atoms.